The number of nitrogens with one attached hydrogen (secondary N) is 1. The number of carbonyl (C=O) groups excluding carboxylic acids is 1. The van der Waals surface area contributed by atoms with Crippen molar-refractivity contribution in [2.45, 2.75) is 12.5 Å². The van der Waals surface area contributed by atoms with E-state index >= 15 is 0 Å². The lowest BCUT2D eigenvalue weighted by Gasteiger charge is -2.15. The Hall–Kier alpha value is -1.32. The lowest BCUT2D eigenvalue weighted by atomic mass is 10.1. The van der Waals surface area contributed by atoms with Crippen LogP contribution in [-0.2, 0) is 6.42 Å². The molecular weight excluding hydrogens is 266 g/mol. The zero-order chi connectivity index (χ0) is 12.8. The first-order chi connectivity index (χ1) is 8.79. The molecule has 0 aliphatic heterocycles. The number of rotatable bonds is 5. The van der Waals surface area contributed by atoms with E-state index in [-0.39, 0.29) is 11.9 Å². The molecule has 1 N–H and O–H groups in total. The lowest BCUT2D eigenvalue weighted by Crippen LogP contribution is -2.37. The molecule has 4 heteroatoms. The van der Waals surface area contributed by atoms with Crippen LogP contribution >= 0.6 is 22.9 Å². The first kappa shape index (κ1) is 13.1. The molecule has 0 spiro atoms. The van der Waals surface area contributed by atoms with Crippen LogP contribution in [-0.4, -0.2) is 17.8 Å². The average molecular weight is 280 g/mol. The Morgan fingerprint density at radius 2 is 2.00 bits per heavy atom. The van der Waals surface area contributed by atoms with E-state index in [4.69, 9.17) is 11.6 Å². The Bertz CT molecular complexity index is 484. The Labute approximate surface area is 116 Å². The van der Waals surface area contributed by atoms with E-state index in [1.165, 1.54) is 16.9 Å². The van der Waals surface area contributed by atoms with Gasteiger partial charge in [-0.05, 0) is 23.4 Å². The first-order valence-electron chi connectivity index (χ1n) is 5.74. The standard InChI is InChI=1S/C14H14ClNOS/c15-10-12(9-11-5-2-1-3-6-11)16-14(17)13-7-4-8-18-13/h1-8,12H,9-10H2,(H,16,17)/t12-/m0/s1. The van der Waals surface area contributed by atoms with Gasteiger partial charge in [-0.2, -0.15) is 0 Å². The fourth-order valence-electron chi connectivity index (χ4n) is 1.71. The van der Waals surface area contributed by atoms with Crippen LogP contribution in [0.2, 0.25) is 0 Å². The molecule has 2 nitrogen and oxygen atoms in total. The highest BCUT2D eigenvalue weighted by atomic mass is 35.5. The van der Waals surface area contributed by atoms with Crippen molar-refractivity contribution in [3.05, 3.63) is 58.3 Å². The second kappa shape index (κ2) is 6.57. The summed E-state index contributed by atoms with van der Waals surface area (Å²) in [5.41, 5.74) is 1.18. The van der Waals surface area contributed by atoms with Crippen LogP contribution in [0.15, 0.2) is 47.8 Å². The smallest absolute Gasteiger partial charge is 0.261 e. The maximum absolute atomic E-state index is 11.9. The number of carbonyl (C=O) groups is 1. The maximum Gasteiger partial charge on any atom is 0.261 e. The SMILES string of the molecule is O=C(N[C@H](CCl)Cc1ccccc1)c1cccs1. The van der Waals surface area contributed by atoms with Crippen LogP contribution in [0.3, 0.4) is 0 Å². The van der Waals surface area contributed by atoms with E-state index in [0.717, 1.165) is 11.3 Å². The van der Waals surface area contributed by atoms with E-state index in [9.17, 15) is 4.79 Å². The number of hydrogen-bond donors (Lipinski definition) is 1. The van der Waals surface area contributed by atoms with Crippen LogP contribution < -0.4 is 5.32 Å². The average Bonchev–Trinajstić information content (AvgIpc) is 2.93. The predicted molar refractivity (Wildman–Crippen MR) is 76.4 cm³/mol. The molecule has 2 aromatic rings. The molecule has 0 saturated carbocycles. The lowest BCUT2D eigenvalue weighted by molar-refractivity contribution is 0.0944. The van der Waals surface area contributed by atoms with Gasteiger partial charge in [-0.15, -0.1) is 22.9 Å². The molecule has 2 rings (SSSR count). The quantitative estimate of drug-likeness (QED) is 0.836. The van der Waals surface area contributed by atoms with Crippen molar-refractivity contribution in [3.63, 3.8) is 0 Å². The minimum Gasteiger partial charge on any atom is -0.347 e. The second-order valence-corrected chi connectivity index (χ2v) is 5.25. The van der Waals surface area contributed by atoms with Gasteiger partial charge in [-0.3, -0.25) is 4.79 Å². The topological polar surface area (TPSA) is 29.1 Å². The summed E-state index contributed by atoms with van der Waals surface area (Å²) in [6.45, 7) is 0. The summed E-state index contributed by atoms with van der Waals surface area (Å²) in [5, 5.41) is 4.85. The molecule has 1 aromatic heterocycles. The predicted octanol–water partition coefficient (Wildman–Crippen LogP) is 3.33. The largest absolute Gasteiger partial charge is 0.347 e. The maximum atomic E-state index is 11.9. The van der Waals surface area contributed by atoms with E-state index in [0.29, 0.717) is 5.88 Å². The Balaban J connectivity index is 1.96. The number of thiophene rings is 1. The van der Waals surface area contributed by atoms with Gasteiger partial charge in [-0.1, -0.05) is 36.4 Å². The van der Waals surface area contributed by atoms with Gasteiger partial charge in [-0.25, -0.2) is 0 Å². The van der Waals surface area contributed by atoms with Gasteiger partial charge in [0.25, 0.3) is 5.91 Å². The van der Waals surface area contributed by atoms with Crippen LogP contribution in [0.1, 0.15) is 15.2 Å². The third-order valence-corrected chi connectivity index (χ3v) is 3.83. The molecule has 0 saturated heterocycles. The first-order valence-corrected chi connectivity index (χ1v) is 7.15. The van der Waals surface area contributed by atoms with Gasteiger partial charge in [0.2, 0.25) is 0 Å². The number of amides is 1. The second-order valence-electron chi connectivity index (χ2n) is 3.99. The summed E-state index contributed by atoms with van der Waals surface area (Å²) in [5.74, 6) is 0.359. The van der Waals surface area contributed by atoms with E-state index in [1.807, 2.05) is 47.8 Å². The van der Waals surface area contributed by atoms with Crippen LogP contribution in [0.25, 0.3) is 0 Å². The molecule has 0 bridgehead atoms. The summed E-state index contributed by atoms with van der Waals surface area (Å²) < 4.78 is 0. The van der Waals surface area contributed by atoms with Gasteiger partial charge in [0.1, 0.15) is 0 Å². The third-order valence-electron chi connectivity index (χ3n) is 2.59. The van der Waals surface area contributed by atoms with Crippen LogP contribution in [0.4, 0.5) is 0 Å². The molecule has 94 valence electrons. The van der Waals surface area contributed by atoms with Crippen LogP contribution in [0.5, 0.6) is 0 Å². The summed E-state index contributed by atoms with van der Waals surface area (Å²) in [4.78, 5) is 12.6. The van der Waals surface area contributed by atoms with Crippen molar-refractivity contribution in [1.29, 1.82) is 0 Å². The molecule has 0 fully saturated rings. The minimum absolute atomic E-state index is 0.0383. The summed E-state index contributed by atoms with van der Waals surface area (Å²) in [7, 11) is 0. The van der Waals surface area contributed by atoms with Crippen molar-refractivity contribution >= 4 is 28.8 Å². The van der Waals surface area contributed by atoms with Gasteiger partial charge in [0.05, 0.1) is 4.88 Å². The molecule has 0 aliphatic rings. The number of alkyl halides is 1. The summed E-state index contributed by atoms with van der Waals surface area (Å²) in [6.07, 6.45) is 0.751. The van der Waals surface area contributed by atoms with E-state index in [1.54, 1.807) is 0 Å². The Morgan fingerprint density at radius 3 is 2.61 bits per heavy atom. The number of halogens is 1. The molecule has 0 radical (unpaired) electrons. The van der Waals surface area contributed by atoms with E-state index < -0.39 is 0 Å². The van der Waals surface area contributed by atoms with Crippen molar-refractivity contribution in [3.8, 4) is 0 Å². The highest BCUT2D eigenvalue weighted by Crippen LogP contribution is 2.10. The van der Waals surface area contributed by atoms with Gasteiger partial charge < -0.3 is 5.32 Å². The molecule has 0 unspecified atom stereocenters. The van der Waals surface area contributed by atoms with Crippen molar-refractivity contribution in [2.24, 2.45) is 0 Å². The molecule has 1 heterocycles. The number of benzene rings is 1. The van der Waals surface area contributed by atoms with Crippen molar-refractivity contribution in [1.82, 2.24) is 5.32 Å². The van der Waals surface area contributed by atoms with Crippen molar-refractivity contribution < 1.29 is 4.79 Å². The van der Waals surface area contributed by atoms with Crippen molar-refractivity contribution in [2.75, 3.05) is 5.88 Å². The number of hydrogen-bond acceptors (Lipinski definition) is 2. The zero-order valence-electron chi connectivity index (χ0n) is 9.80. The molecule has 18 heavy (non-hydrogen) atoms. The van der Waals surface area contributed by atoms with E-state index in [2.05, 4.69) is 5.32 Å². The van der Waals surface area contributed by atoms with Crippen LogP contribution in [0, 0.1) is 0 Å². The zero-order valence-corrected chi connectivity index (χ0v) is 11.4. The Morgan fingerprint density at radius 1 is 1.22 bits per heavy atom. The van der Waals surface area contributed by atoms with Gasteiger partial charge in [0, 0.05) is 11.9 Å². The fraction of sp³-hybridized carbons (Fsp3) is 0.214. The molecule has 0 aliphatic carbocycles. The molecule has 1 amide bonds. The fourth-order valence-corrected chi connectivity index (χ4v) is 2.52. The normalized spacial score (nSPS) is 12.1. The summed E-state index contributed by atoms with van der Waals surface area (Å²) >= 11 is 7.35. The molecule has 1 aromatic carbocycles. The highest BCUT2D eigenvalue weighted by molar-refractivity contribution is 7.12. The highest BCUT2D eigenvalue weighted by Gasteiger charge is 2.13. The molecular formula is C14H14ClNOS. The van der Waals surface area contributed by atoms with Gasteiger partial charge in [0.15, 0.2) is 0 Å². The molecule has 1 atom stereocenters. The summed E-state index contributed by atoms with van der Waals surface area (Å²) in [6, 6.07) is 13.7. The Kier molecular flexibility index (Phi) is 4.79. The third kappa shape index (κ3) is 3.59. The monoisotopic (exact) mass is 279 g/mol. The minimum atomic E-state index is -0.0495. The van der Waals surface area contributed by atoms with Gasteiger partial charge >= 0.3 is 0 Å².